The molecule has 0 aliphatic carbocycles. The smallest absolute Gasteiger partial charge is 0.870 e. The van der Waals surface area contributed by atoms with Crippen LogP contribution in [0.5, 0.6) is 0 Å². The van der Waals surface area contributed by atoms with E-state index in [0.29, 0.717) is 13.0 Å². The van der Waals surface area contributed by atoms with Gasteiger partial charge in [0.2, 0.25) is 0 Å². The molecular weight excluding hydrogens is 171 g/mol. The van der Waals surface area contributed by atoms with Crippen LogP contribution in [0.2, 0.25) is 0 Å². The summed E-state index contributed by atoms with van der Waals surface area (Å²) in [6.45, 7) is 0.604. The van der Waals surface area contributed by atoms with E-state index < -0.39 is 12.0 Å². The maximum Gasteiger partial charge on any atom is 1.00 e. The fourth-order valence-corrected chi connectivity index (χ4v) is 0.632. The van der Waals surface area contributed by atoms with Crippen LogP contribution in [0, 0.1) is 0 Å². The van der Waals surface area contributed by atoms with Crippen molar-refractivity contribution in [3.8, 4) is 0 Å². The number of hydrogen-bond acceptors (Lipinski definition) is 4. The van der Waals surface area contributed by atoms with Gasteiger partial charge >= 0.3 is 35.5 Å². The normalized spacial score (nSPS) is 10.8. The predicted molar refractivity (Wildman–Crippen MR) is 40.5 cm³/mol. The van der Waals surface area contributed by atoms with E-state index in [2.05, 4.69) is 0 Å². The second-order valence-corrected chi connectivity index (χ2v) is 2.23. The van der Waals surface area contributed by atoms with Crippen molar-refractivity contribution in [3.05, 3.63) is 0 Å². The molecule has 0 aromatic rings. The zero-order valence-corrected chi connectivity index (χ0v) is 9.36. The van der Waals surface area contributed by atoms with Gasteiger partial charge in [-0.05, 0) is 19.4 Å². The van der Waals surface area contributed by atoms with Gasteiger partial charge in [0.1, 0.15) is 6.04 Å². The van der Waals surface area contributed by atoms with Crippen molar-refractivity contribution >= 4 is 5.97 Å². The van der Waals surface area contributed by atoms with Crippen molar-refractivity contribution in [2.75, 3.05) is 6.54 Å². The molecule has 0 fully saturated rings. The van der Waals surface area contributed by atoms with Gasteiger partial charge in [0.15, 0.2) is 0 Å². The Bertz CT molecular complexity index is 113. The van der Waals surface area contributed by atoms with Crippen LogP contribution in [0.4, 0.5) is 0 Å². The summed E-state index contributed by atoms with van der Waals surface area (Å²) in [4.78, 5) is 10.1. The van der Waals surface area contributed by atoms with Crippen LogP contribution in [-0.4, -0.2) is 29.1 Å². The van der Waals surface area contributed by atoms with Crippen LogP contribution in [0.1, 0.15) is 19.3 Å². The summed E-state index contributed by atoms with van der Waals surface area (Å²) < 4.78 is 0. The van der Waals surface area contributed by atoms with Gasteiger partial charge < -0.3 is 22.1 Å². The van der Waals surface area contributed by atoms with E-state index in [0.717, 1.165) is 12.8 Å². The molecule has 0 unspecified atom stereocenters. The Morgan fingerprint density at radius 1 is 1.42 bits per heavy atom. The maximum absolute atomic E-state index is 10.1. The third-order valence-electron chi connectivity index (χ3n) is 1.29. The quantitative estimate of drug-likeness (QED) is 0.302. The van der Waals surface area contributed by atoms with Crippen molar-refractivity contribution in [2.24, 2.45) is 11.5 Å². The van der Waals surface area contributed by atoms with Crippen molar-refractivity contribution in [1.82, 2.24) is 0 Å². The van der Waals surface area contributed by atoms with E-state index >= 15 is 0 Å². The Kier molecular flexibility index (Phi) is 17.2. The Balaban J connectivity index is -0.000000405. The third-order valence-corrected chi connectivity index (χ3v) is 1.29. The Hall–Kier alpha value is 0.350. The van der Waals surface area contributed by atoms with Gasteiger partial charge in [-0.15, -0.1) is 0 Å². The molecule has 0 aliphatic heterocycles. The number of carboxylic acids is 1. The molecule has 0 bridgehead atoms. The molecule has 5 nitrogen and oxygen atoms in total. The van der Waals surface area contributed by atoms with Gasteiger partial charge in [-0.2, -0.15) is 0 Å². The fraction of sp³-hybridized carbons (Fsp3) is 0.833. The van der Waals surface area contributed by atoms with E-state index in [4.69, 9.17) is 16.6 Å². The summed E-state index contributed by atoms with van der Waals surface area (Å²) in [7, 11) is 0. The topological polar surface area (TPSA) is 119 Å². The first kappa shape index (κ1) is 18.2. The van der Waals surface area contributed by atoms with E-state index in [1.807, 2.05) is 0 Å². The number of carboxylic acid groups (broad SMARTS) is 1. The summed E-state index contributed by atoms with van der Waals surface area (Å²) in [5.41, 5.74) is 10.4. The number of nitrogens with two attached hydrogens (primary N) is 2. The molecule has 0 saturated heterocycles. The monoisotopic (exact) mass is 186 g/mol. The minimum absolute atomic E-state index is 0. The minimum Gasteiger partial charge on any atom is -0.870 e. The average Bonchev–Trinajstić information content (AvgIpc) is 1.88. The number of rotatable bonds is 5. The number of hydrogen-bond donors (Lipinski definition) is 3. The summed E-state index contributed by atoms with van der Waals surface area (Å²) >= 11 is 0. The van der Waals surface area contributed by atoms with Crippen LogP contribution in [0.15, 0.2) is 0 Å². The third kappa shape index (κ3) is 10.3. The summed E-state index contributed by atoms with van der Waals surface area (Å²) in [5.74, 6) is -0.933. The molecule has 6 N–H and O–H groups in total. The minimum atomic E-state index is -0.933. The molecular formula is C6H15N2NaO3. The molecule has 0 radical (unpaired) electrons. The van der Waals surface area contributed by atoms with Gasteiger partial charge in [-0.3, -0.25) is 4.79 Å². The van der Waals surface area contributed by atoms with E-state index in [1.54, 1.807) is 0 Å². The van der Waals surface area contributed by atoms with Crippen LogP contribution >= 0.6 is 0 Å². The molecule has 0 saturated carbocycles. The van der Waals surface area contributed by atoms with Crippen LogP contribution < -0.4 is 41.0 Å². The predicted octanol–water partition coefficient (Wildman–Crippen LogP) is -3.65. The molecule has 0 rings (SSSR count). The van der Waals surface area contributed by atoms with Gasteiger partial charge in [0.25, 0.3) is 0 Å². The molecule has 12 heavy (non-hydrogen) atoms. The molecule has 1 atom stereocenters. The first-order valence-corrected chi connectivity index (χ1v) is 3.37. The largest absolute Gasteiger partial charge is 1.00 e. The van der Waals surface area contributed by atoms with Crippen molar-refractivity contribution in [3.63, 3.8) is 0 Å². The SMILES string of the molecule is NCCCC[C@H](N)C(=O)O.[Na+].[OH-]. The molecule has 0 aromatic heterocycles. The second-order valence-electron chi connectivity index (χ2n) is 2.23. The summed E-state index contributed by atoms with van der Waals surface area (Å²) in [6, 6.07) is -0.716. The second kappa shape index (κ2) is 11.4. The number of aliphatic carboxylic acids is 1. The summed E-state index contributed by atoms with van der Waals surface area (Å²) in [5, 5.41) is 8.33. The Labute approximate surface area is 94.1 Å². The standard InChI is InChI=1S/C6H14N2O2.Na.H2O/c7-4-2-1-3-5(8)6(9)10;;/h5H,1-4,7-8H2,(H,9,10);;1H2/q;+1;/p-1/t5-;;/m0../s1. The van der Waals surface area contributed by atoms with E-state index in [1.165, 1.54) is 0 Å². The average molecular weight is 186 g/mol. The van der Waals surface area contributed by atoms with Gasteiger partial charge in [0, 0.05) is 0 Å². The van der Waals surface area contributed by atoms with E-state index in [-0.39, 0.29) is 35.0 Å². The van der Waals surface area contributed by atoms with Crippen molar-refractivity contribution in [1.29, 1.82) is 0 Å². The van der Waals surface area contributed by atoms with Crippen molar-refractivity contribution in [2.45, 2.75) is 25.3 Å². The molecule has 0 aromatic carbocycles. The Morgan fingerprint density at radius 2 is 1.92 bits per heavy atom. The fourth-order valence-electron chi connectivity index (χ4n) is 0.632. The molecule has 68 valence electrons. The van der Waals surface area contributed by atoms with Gasteiger partial charge in [-0.1, -0.05) is 6.42 Å². The Morgan fingerprint density at radius 3 is 2.25 bits per heavy atom. The zero-order chi connectivity index (χ0) is 7.98. The zero-order valence-electron chi connectivity index (χ0n) is 7.36. The molecule has 0 heterocycles. The molecule has 0 aliphatic rings. The first-order chi connectivity index (χ1) is 4.68. The molecule has 0 amide bonds. The van der Waals surface area contributed by atoms with Crippen LogP contribution in [0.25, 0.3) is 0 Å². The molecule has 6 heteroatoms. The summed E-state index contributed by atoms with van der Waals surface area (Å²) in [6.07, 6.45) is 2.16. The molecule has 0 spiro atoms. The van der Waals surface area contributed by atoms with Crippen LogP contribution in [-0.2, 0) is 4.79 Å². The first-order valence-electron chi connectivity index (χ1n) is 3.37. The van der Waals surface area contributed by atoms with Gasteiger partial charge in [-0.25, -0.2) is 0 Å². The van der Waals surface area contributed by atoms with E-state index in [9.17, 15) is 4.79 Å². The number of unbranched alkanes of at least 4 members (excludes halogenated alkanes) is 1. The van der Waals surface area contributed by atoms with Crippen LogP contribution in [0.3, 0.4) is 0 Å². The maximum atomic E-state index is 10.1. The number of carbonyl (C=O) groups is 1. The van der Waals surface area contributed by atoms with Crippen molar-refractivity contribution < 1.29 is 44.9 Å². The van der Waals surface area contributed by atoms with Gasteiger partial charge in [0.05, 0.1) is 0 Å².